The predicted octanol–water partition coefficient (Wildman–Crippen LogP) is 6.97. The van der Waals surface area contributed by atoms with Crippen molar-refractivity contribution in [2.24, 2.45) is 0 Å². The molecule has 0 atom stereocenters. The lowest BCUT2D eigenvalue weighted by Gasteiger charge is -2.34. The minimum Gasteiger partial charge on any atom is -0.355 e. The first kappa shape index (κ1) is 24.4. The number of amides is 2. The molecule has 5 aromatic rings. The summed E-state index contributed by atoms with van der Waals surface area (Å²) >= 11 is 0. The molecule has 1 aliphatic carbocycles. The summed E-state index contributed by atoms with van der Waals surface area (Å²) in [6.45, 7) is 2.11. The van der Waals surface area contributed by atoms with E-state index in [1.165, 1.54) is 33.4 Å². The summed E-state index contributed by atoms with van der Waals surface area (Å²) < 4.78 is 0. The third kappa shape index (κ3) is 4.02. The molecule has 1 aliphatic rings. The van der Waals surface area contributed by atoms with Crippen LogP contribution in [-0.4, -0.2) is 18.9 Å². The number of rotatable bonds is 5. The van der Waals surface area contributed by atoms with E-state index in [9.17, 15) is 9.59 Å². The molecule has 0 aromatic heterocycles. The van der Waals surface area contributed by atoms with Crippen molar-refractivity contribution in [3.8, 4) is 11.1 Å². The number of hydrogen-bond acceptors (Lipinski definition) is 2. The number of aryl methyl sites for hydroxylation is 1. The summed E-state index contributed by atoms with van der Waals surface area (Å²) in [6.07, 6.45) is 0. The highest BCUT2D eigenvalue weighted by Gasteiger charge is 2.45. The molecule has 0 saturated carbocycles. The summed E-state index contributed by atoms with van der Waals surface area (Å²) in [7, 11) is 1.57. The molecule has 0 spiro atoms. The van der Waals surface area contributed by atoms with E-state index in [4.69, 9.17) is 0 Å². The van der Waals surface area contributed by atoms with Gasteiger partial charge in [0.05, 0.1) is 5.41 Å². The zero-order valence-corrected chi connectivity index (χ0v) is 21.9. The van der Waals surface area contributed by atoms with Crippen LogP contribution in [0.3, 0.4) is 0 Å². The molecule has 5 aromatic carbocycles. The van der Waals surface area contributed by atoms with Crippen LogP contribution < -0.4 is 10.6 Å². The fourth-order valence-electron chi connectivity index (χ4n) is 5.78. The Balaban J connectivity index is 1.43. The van der Waals surface area contributed by atoms with Crippen LogP contribution in [0.5, 0.6) is 0 Å². The average Bonchev–Trinajstić information content (AvgIpc) is 3.29. The van der Waals surface area contributed by atoms with Crippen molar-refractivity contribution < 1.29 is 9.59 Å². The number of benzene rings is 5. The molecule has 190 valence electrons. The molecule has 2 amide bonds. The minimum absolute atomic E-state index is 0.229. The van der Waals surface area contributed by atoms with Gasteiger partial charge < -0.3 is 10.6 Å². The summed E-state index contributed by atoms with van der Waals surface area (Å²) in [5.74, 6) is -0.495. The summed E-state index contributed by atoms with van der Waals surface area (Å²) in [6, 6.07) is 40.9. The SMILES string of the molecule is CNC(=O)c1cccc(C(=O)Nc2ccc(C3(c4ccc(C)cc4)c4ccccc4-c4ccccc43)cc2)c1. The number of fused-ring (bicyclic) bond motifs is 3. The van der Waals surface area contributed by atoms with E-state index >= 15 is 0 Å². The van der Waals surface area contributed by atoms with Gasteiger partial charge in [0.1, 0.15) is 0 Å². The molecule has 6 rings (SSSR count). The van der Waals surface area contributed by atoms with E-state index in [1.54, 1.807) is 31.3 Å². The van der Waals surface area contributed by atoms with E-state index in [1.807, 2.05) is 12.1 Å². The first-order valence-electron chi connectivity index (χ1n) is 13.0. The van der Waals surface area contributed by atoms with Gasteiger partial charge >= 0.3 is 0 Å². The number of hydrogen-bond donors (Lipinski definition) is 2. The van der Waals surface area contributed by atoms with Crippen LogP contribution in [0, 0.1) is 6.92 Å². The predicted molar refractivity (Wildman–Crippen MR) is 156 cm³/mol. The van der Waals surface area contributed by atoms with Crippen LogP contribution in [-0.2, 0) is 5.41 Å². The highest BCUT2D eigenvalue weighted by atomic mass is 16.2. The van der Waals surface area contributed by atoms with Crippen molar-refractivity contribution in [1.82, 2.24) is 5.32 Å². The Hall–Kier alpha value is -4.96. The zero-order valence-electron chi connectivity index (χ0n) is 21.9. The Labute approximate surface area is 228 Å². The topological polar surface area (TPSA) is 58.2 Å². The van der Waals surface area contributed by atoms with Crippen molar-refractivity contribution in [3.05, 3.63) is 160 Å². The molecule has 0 bridgehead atoms. The van der Waals surface area contributed by atoms with Crippen LogP contribution in [0.15, 0.2) is 121 Å². The monoisotopic (exact) mass is 508 g/mol. The molecule has 0 saturated heterocycles. The molecule has 39 heavy (non-hydrogen) atoms. The average molecular weight is 509 g/mol. The molecule has 0 unspecified atom stereocenters. The van der Waals surface area contributed by atoms with Gasteiger partial charge in [0.2, 0.25) is 0 Å². The summed E-state index contributed by atoms with van der Waals surface area (Å²) in [5, 5.41) is 5.58. The molecular formula is C35H28N2O2. The smallest absolute Gasteiger partial charge is 0.255 e. The van der Waals surface area contributed by atoms with E-state index in [0.717, 1.165) is 5.56 Å². The van der Waals surface area contributed by atoms with Gasteiger partial charge in [0.15, 0.2) is 0 Å². The Kier molecular flexibility index (Phi) is 6.08. The Morgan fingerprint density at radius 3 is 1.67 bits per heavy atom. The second-order valence-corrected chi connectivity index (χ2v) is 9.90. The minimum atomic E-state index is -0.481. The first-order valence-corrected chi connectivity index (χ1v) is 13.0. The maximum atomic E-state index is 13.0. The second-order valence-electron chi connectivity index (χ2n) is 9.90. The second kappa shape index (κ2) is 9.73. The van der Waals surface area contributed by atoms with E-state index in [2.05, 4.69) is 102 Å². The van der Waals surface area contributed by atoms with Gasteiger partial charge in [-0.15, -0.1) is 0 Å². The molecule has 0 aliphatic heterocycles. The fraction of sp³-hybridized carbons (Fsp3) is 0.0857. The van der Waals surface area contributed by atoms with Crippen LogP contribution in [0.1, 0.15) is 48.5 Å². The van der Waals surface area contributed by atoms with Crippen molar-refractivity contribution in [2.75, 3.05) is 12.4 Å². The van der Waals surface area contributed by atoms with E-state index < -0.39 is 5.41 Å². The Morgan fingerprint density at radius 2 is 1.10 bits per heavy atom. The first-order chi connectivity index (χ1) is 19.0. The van der Waals surface area contributed by atoms with Gasteiger partial charge in [-0.1, -0.05) is 96.6 Å². The van der Waals surface area contributed by atoms with Crippen molar-refractivity contribution >= 4 is 17.5 Å². The molecule has 0 fully saturated rings. The van der Waals surface area contributed by atoms with Crippen molar-refractivity contribution in [3.63, 3.8) is 0 Å². The Bertz CT molecular complexity index is 1660. The normalized spacial score (nSPS) is 12.8. The van der Waals surface area contributed by atoms with E-state index in [0.29, 0.717) is 16.8 Å². The lowest BCUT2D eigenvalue weighted by atomic mass is 9.67. The van der Waals surface area contributed by atoms with Crippen molar-refractivity contribution in [2.45, 2.75) is 12.3 Å². The molecule has 0 radical (unpaired) electrons. The highest BCUT2D eigenvalue weighted by molar-refractivity contribution is 6.06. The zero-order chi connectivity index (χ0) is 27.0. The van der Waals surface area contributed by atoms with Crippen LogP contribution >= 0.6 is 0 Å². The van der Waals surface area contributed by atoms with Gasteiger partial charge in [-0.2, -0.15) is 0 Å². The largest absolute Gasteiger partial charge is 0.355 e. The quantitative estimate of drug-likeness (QED) is 0.264. The standard InChI is InChI=1S/C35H28N2O2/c1-23-14-16-26(17-15-23)35(31-12-5-3-10-29(31)30-11-4-6-13-32(30)35)27-18-20-28(21-19-27)37-34(39)25-9-7-8-24(22-25)33(38)36-2/h3-22H,1-2H3,(H,36,38)(H,37,39). The van der Waals surface area contributed by atoms with Crippen molar-refractivity contribution in [1.29, 1.82) is 0 Å². The van der Waals surface area contributed by atoms with Crippen LogP contribution in [0.25, 0.3) is 11.1 Å². The summed E-state index contributed by atoms with van der Waals surface area (Å²) in [5.41, 5.74) is 9.59. The molecule has 0 heterocycles. The number of nitrogens with one attached hydrogen (secondary N) is 2. The van der Waals surface area contributed by atoms with Gasteiger partial charge in [-0.3, -0.25) is 9.59 Å². The molecule has 4 nitrogen and oxygen atoms in total. The van der Waals surface area contributed by atoms with Gasteiger partial charge in [0.25, 0.3) is 11.8 Å². The molecular weight excluding hydrogens is 480 g/mol. The maximum absolute atomic E-state index is 13.0. The van der Waals surface area contributed by atoms with Crippen LogP contribution in [0.2, 0.25) is 0 Å². The van der Waals surface area contributed by atoms with Gasteiger partial charge in [-0.25, -0.2) is 0 Å². The summed E-state index contributed by atoms with van der Waals surface area (Å²) in [4.78, 5) is 25.0. The van der Waals surface area contributed by atoms with Crippen LogP contribution in [0.4, 0.5) is 5.69 Å². The third-order valence-electron chi connectivity index (χ3n) is 7.63. The van der Waals surface area contributed by atoms with Gasteiger partial charge in [0, 0.05) is 23.9 Å². The number of carbonyl (C=O) groups excluding carboxylic acids is 2. The lowest BCUT2D eigenvalue weighted by molar-refractivity contribution is 0.0963. The maximum Gasteiger partial charge on any atom is 0.255 e. The van der Waals surface area contributed by atoms with Gasteiger partial charge in [-0.05, 0) is 70.6 Å². The number of anilines is 1. The Morgan fingerprint density at radius 1 is 0.590 bits per heavy atom. The molecule has 4 heteroatoms. The third-order valence-corrected chi connectivity index (χ3v) is 7.63. The van der Waals surface area contributed by atoms with E-state index in [-0.39, 0.29) is 11.8 Å². The molecule has 2 N–H and O–H groups in total. The highest BCUT2D eigenvalue weighted by Crippen LogP contribution is 2.55. The lowest BCUT2D eigenvalue weighted by Crippen LogP contribution is -2.28. The number of carbonyl (C=O) groups is 2. The fourth-order valence-corrected chi connectivity index (χ4v) is 5.78.